The summed E-state index contributed by atoms with van der Waals surface area (Å²) < 4.78 is 18.5. The Balaban J connectivity index is 2.44. The summed E-state index contributed by atoms with van der Waals surface area (Å²) >= 11 is 0. The van der Waals surface area contributed by atoms with Crippen LogP contribution in [0.25, 0.3) is 0 Å². The Labute approximate surface area is 153 Å². The van der Waals surface area contributed by atoms with Gasteiger partial charge in [0.05, 0.1) is 0 Å². The van der Waals surface area contributed by atoms with Gasteiger partial charge >= 0.3 is 6.09 Å². The number of nitrogens with one attached hydrogen (secondary N) is 3. The molecule has 0 saturated heterocycles. The Morgan fingerprint density at radius 2 is 1.96 bits per heavy atom. The van der Waals surface area contributed by atoms with E-state index < -0.39 is 23.6 Å². The number of anilines is 1. The van der Waals surface area contributed by atoms with E-state index in [4.69, 9.17) is 9.94 Å². The van der Waals surface area contributed by atoms with Gasteiger partial charge in [-0.05, 0) is 70.7 Å². The van der Waals surface area contributed by atoms with Crippen LogP contribution in [-0.2, 0) is 9.53 Å². The molecule has 1 unspecified atom stereocenters. The van der Waals surface area contributed by atoms with E-state index in [2.05, 4.69) is 10.6 Å². The first-order valence-corrected chi connectivity index (χ1v) is 8.56. The molecule has 1 rings (SSSR count). The molecule has 0 aliphatic rings. The van der Waals surface area contributed by atoms with Gasteiger partial charge in [0.25, 0.3) is 5.91 Å². The molecule has 0 aliphatic heterocycles. The Bertz CT molecular complexity index is 617. The van der Waals surface area contributed by atoms with Crippen LogP contribution < -0.4 is 16.1 Å². The van der Waals surface area contributed by atoms with Gasteiger partial charge in [0.2, 0.25) is 0 Å². The average molecular weight is 369 g/mol. The van der Waals surface area contributed by atoms with Crippen LogP contribution in [0, 0.1) is 12.7 Å². The number of carbonyl (C=O) groups excluding carboxylic acids is 2. The molecule has 4 N–H and O–H groups in total. The number of alkyl carbamates (subject to hydrolysis) is 1. The van der Waals surface area contributed by atoms with Crippen LogP contribution in [0.1, 0.15) is 45.6 Å². The number of aryl methyl sites for hydroxylation is 1. The second-order valence-corrected chi connectivity index (χ2v) is 7.06. The molecule has 146 valence electrons. The molecule has 0 spiro atoms. The fourth-order valence-electron chi connectivity index (χ4n) is 2.26. The molecule has 2 amide bonds. The van der Waals surface area contributed by atoms with E-state index >= 15 is 0 Å². The number of hydrogen-bond donors (Lipinski definition) is 4. The highest BCUT2D eigenvalue weighted by Crippen LogP contribution is 2.16. The Hall–Kier alpha value is -2.35. The summed E-state index contributed by atoms with van der Waals surface area (Å²) in [6, 6.07) is 3.77. The SMILES string of the molecule is Cc1cc(NC(CCCCNC(=O)OC(C)(C)C)C(=O)NO)ccc1F. The summed E-state index contributed by atoms with van der Waals surface area (Å²) in [5.41, 5.74) is 2.13. The minimum Gasteiger partial charge on any atom is -0.444 e. The molecule has 1 aromatic rings. The lowest BCUT2D eigenvalue weighted by molar-refractivity contribution is -0.130. The normalized spacial score (nSPS) is 12.2. The third-order valence-electron chi connectivity index (χ3n) is 3.51. The van der Waals surface area contributed by atoms with Gasteiger partial charge in [-0.15, -0.1) is 0 Å². The maximum atomic E-state index is 13.3. The highest BCUT2D eigenvalue weighted by atomic mass is 19.1. The van der Waals surface area contributed by atoms with E-state index in [0.29, 0.717) is 37.1 Å². The number of halogens is 1. The summed E-state index contributed by atoms with van der Waals surface area (Å²) in [6.45, 7) is 7.40. The molecule has 0 aliphatic carbocycles. The van der Waals surface area contributed by atoms with E-state index in [1.807, 2.05) is 0 Å². The van der Waals surface area contributed by atoms with Crippen molar-refractivity contribution in [3.63, 3.8) is 0 Å². The van der Waals surface area contributed by atoms with Crippen molar-refractivity contribution in [3.8, 4) is 0 Å². The van der Waals surface area contributed by atoms with Gasteiger partial charge in [-0.2, -0.15) is 0 Å². The molecule has 0 radical (unpaired) electrons. The molecule has 0 fully saturated rings. The van der Waals surface area contributed by atoms with Crippen LogP contribution in [-0.4, -0.2) is 35.4 Å². The molecule has 0 heterocycles. The molecule has 26 heavy (non-hydrogen) atoms. The van der Waals surface area contributed by atoms with E-state index in [0.717, 1.165) is 0 Å². The van der Waals surface area contributed by atoms with Gasteiger partial charge in [-0.25, -0.2) is 14.7 Å². The van der Waals surface area contributed by atoms with Crippen molar-refractivity contribution in [2.75, 3.05) is 11.9 Å². The highest BCUT2D eigenvalue weighted by molar-refractivity contribution is 5.83. The number of hydroxylamine groups is 1. The number of rotatable bonds is 8. The summed E-state index contributed by atoms with van der Waals surface area (Å²) in [4.78, 5) is 23.3. The molecule has 0 bridgehead atoms. The van der Waals surface area contributed by atoms with Gasteiger partial charge in [-0.3, -0.25) is 10.0 Å². The van der Waals surface area contributed by atoms with Crippen molar-refractivity contribution >= 4 is 17.7 Å². The fourth-order valence-corrected chi connectivity index (χ4v) is 2.26. The lowest BCUT2D eigenvalue weighted by Crippen LogP contribution is -2.38. The number of hydrogen-bond acceptors (Lipinski definition) is 5. The van der Waals surface area contributed by atoms with E-state index in [1.54, 1.807) is 39.2 Å². The quantitative estimate of drug-likeness (QED) is 0.321. The summed E-state index contributed by atoms with van der Waals surface area (Å²) in [5, 5.41) is 14.5. The minimum atomic E-state index is -0.675. The predicted octanol–water partition coefficient (Wildman–Crippen LogP) is 3.12. The Morgan fingerprint density at radius 1 is 1.27 bits per heavy atom. The molecule has 1 atom stereocenters. The standard InChI is InChI=1S/C18H28FN3O4/c1-12-11-13(8-9-14(12)19)21-15(16(23)22-25)7-5-6-10-20-17(24)26-18(2,3)4/h8-9,11,15,21,25H,5-7,10H2,1-4H3,(H,20,24)(H,22,23). The molecular weight excluding hydrogens is 341 g/mol. The number of carbonyl (C=O) groups is 2. The van der Waals surface area contributed by atoms with Crippen LogP contribution in [0.2, 0.25) is 0 Å². The van der Waals surface area contributed by atoms with Crippen molar-refractivity contribution in [2.24, 2.45) is 0 Å². The van der Waals surface area contributed by atoms with Crippen LogP contribution in [0.5, 0.6) is 0 Å². The smallest absolute Gasteiger partial charge is 0.407 e. The first kappa shape index (κ1) is 21.7. The lowest BCUT2D eigenvalue weighted by atomic mass is 10.1. The van der Waals surface area contributed by atoms with Gasteiger partial charge < -0.3 is 15.4 Å². The largest absolute Gasteiger partial charge is 0.444 e. The maximum absolute atomic E-state index is 13.3. The first-order chi connectivity index (χ1) is 12.1. The second kappa shape index (κ2) is 9.96. The molecule has 8 heteroatoms. The molecule has 0 saturated carbocycles. The van der Waals surface area contributed by atoms with Crippen molar-refractivity contribution in [2.45, 2.75) is 58.6 Å². The Morgan fingerprint density at radius 3 is 2.54 bits per heavy atom. The zero-order valence-corrected chi connectivity index (χ0v) is 15.7. The first-order valence-electron chi connectivity index (χ1n) is 8.56. The third kappa shape index (κ3) is 8.15. The maximum Gasteiger partial charge on any atom is 0.407 e. The van der Waals surface area contributed by atoms with E-state index in [1.165, 1.54) is 12.1 Å². The third-order valence-corrected chi connectivity index (χ3v) is 3.51. The van der Waals surface area contributed by atoms with E-state index in [9.17, 15) is 14.0 Å². The van der Waals surface area contributed by atoms with Crippen molar-refractivity contribution < 1.29 is 23.9 Å². The second-order valence-electron chi connectivity index (χ2n) is 7.06. The Kier molecular flexibility index (Phi) is 8.31. The molecule has 0 aromatic heterocycles. The number of ether oxygens (including phenoxy) is 1. The molecule has 1 aromatic carbocycles. The average Bonchev–Trinajstić information content (AvgIpc) is 2.54. The summed E-state index contributed by atoms with van der Waals surface area (Å²) in [5.74, 6) is -0.904. The highest BCUT2D eigenvalue weighted by Gasteiger charge is 2.18. The topological polar surface area (TPSA) is 99.7 Å². The van der Waals surface area contributed by atoms with Gasteiger partial charge in [0.15, 0.2) is 0 Å². The van der Waals surface area contributed by atoms with Crippen LogP contribution in [0.15, 0.2) is 18.2 Å². The number of amides is 2. The fraction of sp³-hybridized carbons (Fsp3) is 0.556. The zero-order chi connectivity index (χ0) is 19.7. The monoisotopic (exact) mass is 369 g/mol. The molecule has 7 nitrogen and oxygen atoms in total. The van der Waals surface area contributed by atoms with Crippen LogP contribution in [0.4, 0.5) is 14.9 Å². The minimum absolute atomic E-state index is 0.327. The predicted molar refractivity (Wildman–Crippen MR) is 96.6 cm³/mol. The van der Waals surface area contributed by atoms with Gasteiger partial charge in [-0.1, -0.05) is 0 Å². The summed E-state index contributed by atoms with van der Waals surface area (Å²) in [6.07, 6.45) is 1.21. The van der Waals surface area contributed by atoms with E-state index in [-0.39, 0.29) is 5.82 Å². The van der Waals surface area contributed by atoms with Crippen molar-refractivity contribution in [3.05, 3.63) is 29.6 Å². The lowest BCUT2D eigenvalue weighted by Gasteiger charge is -2.20. The zero-order valence-electron chi connectivity index (χ0n) is 15.7. The van der Waals surface area contributed by atoms with Crippen molar-refractivity contribution in [1.29, 1.82) is 0 Å². The van der Waals surface area contributed by atoms with Gasteiger partial charge in [0, 0.05) is 12.2 Å². The molecular formula is C18H28FN3O4. The summed E-state index contributed by atoms with van der Waals surface area (Å²) in [7, 11) is 0. The van der Waals surface area contributed by atoms with Crippen LogP contribution >= 0.6 is 0 Å². The number of benzene rings is 1. The van der Waals surface area contributed by atoms with Crippen molar-refractivity contribution in [1.82, 2.24) is 10.8 Å². The van der Waals surface area contributed by atoms with Gasteiger partial charge in [0.1, 0.15) is 17.5 Å². The number of unbranched alkanes of at least 4 members (excludes halogenated alkanes) is 1. The van der Waals surface area contributed by atoms with Crippen LogP contribution in [0.3, 0.4) is 0 Å².